The van der Waals surface area contributed by atoms with Crippen molar-refractivity contribution in [2.75, 3.05) is 0 Å². The van der Waals surface area contributed by atoms with Gasteiger partial charge in [0, 0.05) is 33.2 Å². The second-order valence-corrected chi connectivity index (χ2v) is 13.3. The molecule has 0 bridgehead atoms. The van der Waals surface area contributed by atoms with Gasteiger partial charge in [0.2, 0.25) is 0 Å². The van der Waals surface area contributed by atoms with Gasteiger partial charge >= 0.3 is 0 Å². The van der Waals surface area contributed by atoms with Crippen molar-refractivity contribution in [1.82, 2.24) is 19.5 Å². The molecule has 0 aliphatic heterocycles. The van der Waals surface area contributed by atoms with E-state index in [9.17, 15) is 0 Å². The molecule has 0 radical (unpaired) electrons. The van der Waals surface area contributed by atoms with E-state index in [1.807, 2.05) is 36.4 Å². The summed E-state index contributed by atoms with van der Waals surface area (Å²) >= 11 is 0. The van der Waals surface area contributed by atoms with Crippen LogP contribution in [0.5, 0.6) is 0 Å². The van der Waals surface area contributed by atoms with E-state index in [4.69, 9.17) is 15.0 Å². The second-order valence-electron chi connectivity index (χ2n) is 13.3. The maximum absolute atomic E-state index is 5.07. The first-order chi connectivity index (χ1) is 26.2. The van der Waals surface area contributed by atoms with Crippen LogP contribution in [0.4, 0.5) is 0 Å². The number of rotatable bonds is 6. The molecule has 0 atom stereocenters. The fourth-order valence-electron chi connectivity index (χ4n) is 7.37. The average molecular weight is 677 g/mol. The van der Waals surface area contributed by atoms with E-state index < -0.39 is 0 Å². The van der Waals surface area contributed by atoms with E-state index in [1.54, 1.807) is 0 Å². The second kappa shape index (κ2) is 12.9. The molecular weight excluding hydrogens is 645 g/mol. The standard InChI is InChI=1S/C49H32N4/c1-4-12-33(13-5-1)37-20-21-39-31-41(23-22-38(39)30-37)49-51-47(35-16-8-3-9-17-35)50-48(52-49)36-24-27-42(28-25-36)53-45-19-11-10-18-43(45)44-32-40(26-29-46(44)53)34-14-6-2-7-15-34/h1-32H. The van der Waals surface area contributed by atoms with Gasteiger partial charge in [0.1, 0.15) is 0 Å². The molecule has 4 nitrogen and oxygen atoms in total. The first kappa shape index (κ1) is 30.6. The number of hydrogen-bond donors (Lipinski definition) is 0. The smallest absolute Gasteiger partial charge is 0.164 e. The lowest BCUT2D eigenvalue weighted by Crippen LogP contribution is -2.00. The van der Waals surface area contributed by atoms with Gasteiger partial charge in [-0.25, -0.2) is 15.0 Å². The zero-order valence-corrected chi connectivity index (χ0v) is 28.8. The Kier molecular flexibility index (Phi) is 7.43. The fourth-order valence-corrected chi connectivity index (χ4v) is 7.37. The molecule has 2 heterocycles. The summed E-state index contributed by atoms with van der Waals surface area (Å²) in [5.41, 5.74) is 11.0. The van der Waals surface area contributed by atoms with Crippen LogP contribution < -0.4 is 0 Å². The monoisotopic (exact) mass is 676 g/mol. The van der Waals surface area contributed by atoms with E-state index in [2.05, 4.69) is 162 Å². The van der Waals surface area contributed by atoms with Gasteiger partial charge in [-0.3, -0.25) is 0 Å². The Hall–Kier alpha value is -7.17. The highest BCUT2D eigenvalue weighted by molar-refractivity contribution is 6.10. The van der Waals surface area contributed by atoms with Gasteiger partial charge in [0.15, 0.2) is 17.5 Å². The number of benzene rings is 8. The molecule has 0 saturated carbocycles. The Morgan fingerprint density at radius 2 is 0.717 bits per heavy atom. The summed E-state index contributed by atoms with van der Waals surface area (Å²) in [6, 6.07) is 68.2. The van der Waals surface area contributed by atoms with Crippen LogP contribution in [-0.2, 0) is 0 Å². The first-order valence-corrected chi connectivity index (χ1v) is 17.9. The predicted octanol–water partition coefficient (Wildman–Crippen LogP) is 12.5. The van der Waals surface area contributed by atoms with Crippen molar-refractivity contribution in [2.45, 2.75) is 0 Å². The summed E-state index contributed by atoms with van der Waals surface area (Å²) < 4.78 is 2.34. The van der Waals surface area contributed by atoms with Crippen LogP contribution in [0.15, 0.2) is 194 Å². The third kappa shape index (κ3) is 5.63. The molecule has 0 spiro atoms. The Morgan fingerprint density at radius 3 is 1.36 bits per heavy atom. The van der Waals surface area contributed by atoms with E-state index in [-0.39, 0.29) is 0 Å². The first-order valence-electron chi connectivity index (χ1n) is 17.9. The molecule has 0 saturated heterocycles. The molecule has 0 unspecified atom stereocenters. The maximum Gasteiger partial charge on any atom is 0.164 e. The van der Waals surface area contributed by atoms with Gasteiger partial charge in [0.05, 0.1) is 11.0 Å². The van der Waals surface area contributed by atoms with Gasteiger partial charge in [-0.15, -0.1) is 0 Å². The average Bonchev–Trinajstić information content (AvgIpc) is 3.58. The number of aromatic nitrogens is 4. The molecule has 10 rings (SSSR count). The highest BCUT2D eigenvalue weighted by Gasteiger charge is 2.16. The van der Waals surface area contributed by atoms with Crippen LogP contribution >= 0.6 is 0 Å². The largest absolute Gasteiger partial charge is 0.309 e. The molecular formula is C49H32N4. The summed E-state index contributed by atoms with van der Waals surface area (Å²) in [6.45, 7) is 0. The fraction of sp³-hybridized carbons (Fsp3) is 0. The van der Waals surface area contributed by atoms with Crippen LogP contribution in [0, 0.1) is 0 Å². The van der Waals surface area contributed by atoms with Crippen molar-refractivity contribution >= 4 is 32.6 Å². The van der Waals surface area contributed by atoms with Crippen LogP contribution in [0.2, 0.25) is 0 Å². The molecule has 0 aliphatic rings. The minimum atomic E-state index is 0.634. The lowest BCUT2D eigenvalue weighted by Gasteiger charge is -2.11. The molecule has 53 heavy (non-hydrogen) atoms. The SMILES string of the molecule is c1ccc(-c2ccc3cc(-c4nc(-c5ccccc5)nc(-c5ccc(-n6c7ccccc7c7cc(-c8ccccc8)ccc76)cc5)n4)ccc3c2)cc1. The topological polar surface area (TPSA) is 43.6 Å². The lowest BCUT2D eigenvalue weighted by atomic mass is 10.00. The highest BCUT2D eigenvalue weighted by Crippen LogP contribution is 2.36. The van der Waals surface area contributed by atoms with Crippen LogP contribution in [0.25, 0.3) is 94.7 Å². The van der Waals surface area contributed by atoms with Gasteiger partial charge in [-0.05, 0) is 87.6 Å². The van der Waals surface area contributed by atoms with E-state index in [1.165, 1.54) is 49.4 Å². The van der Waals surface area contributed by atoms with Crippen molar-refractivity contribution in [1.29, 1.82) is 0 Å². The third-order valence-corrected chi connectivity index (χ3v) is 10.0. The summed E-state index contributed by atoms with van der Waals surface area (Å²) in [5, 5.41) is 4.76. The highest BCUT2D eigenvalue weighted by atomic mass is 15.0. The molecule has 0 fully saturated rings. The zero-order valence-electron chi connectivity index (χ0n) is 28.8. The molecule has 0 amide bonds. The summed E-state index contributed by atoms with van der Waals surface area (Å²) in [4.78, 5) is 15.1. The quantitative estimate of drug-likeness (QED) is 0.176. The number of fused-ring (bicyclic) bond motifs is 4. The molecule has 2 aromatic heterocycles. The molecule has 4 heteroatoms. The van der Waals surface area contributed by atoms with Crippen molar-refractivity contribution in [3.8, 4) is 62.1 Å². The molecule has 0 aliphatic carbocycles. The third-order valence-electron chi connectivity index (χ3n) is 10.0. The van der Waals surface area contributed by atoms with Crippen LogP contribution in [0.1, 0.15) is 0 Å². The van der Waals surface area contributed by atoms with E-state index >= 15 is 0 Å². The molecule has 10 aromatic rings. The summed E-state index contributed by atoms with van der Waals surface area (Å²) in [7, 11) is 0. The number of nitrogens with zero attached hydrogens (tertiary/aromatic N) is 4. The van der Waals surface area contributed by atoms with Crippen molar-refractivity contribution in [3.05, 3.63) is 194 Å². The number of hydrogen-bond acceptors (Lipinski definition) is 3. The molecule has 0 N–H and O–H groups in total. The Labute approximate surface area is 307 Å². The van der Waals surface area contributed by atoms with Crippen LogP contribution in [-0.4, -0.2) is 19.5 Å². The normalized spacial score (nSPS) is 11.4. The van der Waals surface area contributed by atoms with E-state index in [0.29, 0.717) is 17.5 Å². The van der Waals surface area contributed by atoms with Crippen LogP contribution in [0.3, 0.4) is 0 Å². The Balaban J connectivity index is 1.06. The Morgan fingerprint density at radius 1 is 0.283 bits per heavy atom. The van der Waals surface area contributed by atoms with E-state index in [0.717, 1.165) is 27.8 Å². The lowest BCUT2D eigenvalue weighted by molar-refractivity contribution is 1.07. The minimum absolute atomic E-state index is 0.634. The van der Waals surface area contributed by atoms with Gasteiger partial charge in [0.25, 0.3) is 0 Å². The van der Waals surface area contributed by atoms with Crippen molar-refractivity contribution in [3.63, 3.8) is 0 Å². The minimum Gasteiger partial charge on any atom is -0.309 e. The Bertz CT molecular complexity index is 2910. The number of para-hydroxylation sites is 1. The van der Waals surface area contributed by atoms with Crippen molar-refractivity contribution in [2.24, 2.45) is 0 Å². The summed E-state index contributed by atoms with van der Waals surface area (Å²) in [5.74, 6) is 1.92. The van der Waals surface area contributed by atoms with Gasteiger partial charge < -0.3 is 4.57 Å². The van der Waals surface area contributed by atoms with Gasteiger partial charge in [-0.2, -0.15) is 0 Å². The molecule has 8 aromatic carbocycles. The predicted molar refractivity (Wildman–Crippen MR) is 219 cm³/mol. The summed E-state index contributed by atoms with van der Waals surface area (Å²) in [6.07, 6.45) is 0. The zero-order chi connectivity index (χ0) is 35.1. The maximum atomic E-state index is 5.07. The molecule has 248 valence electrons. The van der Waals surface area contributed by atoms with Gasteiger partial charge in [-0.1, -0.05) is 140 Å². The van der Waals surface area contributed by atoms with Crippen molar-refractivity contribution < 1.29 is 0 Å².